The van der Waals surface area contributed by atoms with E-state index in [-0.39, 0.29) is 5.97 Å². The molecule has 6 heteroatoms. The minimum atomic E-state index is -0.359. The number of methoxy groups -OCH3 is 1. The van der Waals surface area contributed by atoms with Gasteiger partial charge in [0.2, 0.25) is 0 Å². The third-order valence-corrected chi connectivity index (χ3v) is 2.78. The summed E-state index contributed by atoms with van der Waals surface area (Å²) in [5.41, 5.74) is 0. The molecule has 0 aliphatic heterocycles. The smallest absolute Gasteiger partial charge is 0.348 e. The average Bonchev–Trinajstić information content (AvgIpc) is 2.84. The topological polar surface area (TPSA) is 65.2 Å². The van der Waals surface area contributed by atoms with Crippen LogP contribution in [0, 0.1) is 6.92 Å². The molecule has 0 amide bonds. The first-order valence-corrected chi connectivity index (χ1v) is 5.01. The Morgan fingerprint density at radius 2 is 2.33 bits per heavy atom. The van der Waals surface area contributed by atoms with E-state index in [2.05, 4.69) is 14.9 Å². The number of hydrogen-bond acceptors (Lipinski definition) is 6. The fourth-order valence-electron chi connectivity index (χ4n) is 1.06. The molecule has 78 valence electrons. The van der Waals surface area contributed by atoms with Crippen molar-refractivity contribution in [1.29, 1.82) is 0 Å². The molecular weight excluding hydrogens is 216 g/mol. The molecule has 0 unspecified atom stereocenters. The summed E-state index contributed by atoms with van der Waals surface area (Å²) in [4.78, 5) is 16.5. The minimum Gasteiger partial charge on any atom is -0.465 e. The van der Waals surface area contributed by atoms with Gasteiger partial charge in [-0.3, -0.25) is 0 Å². The Morgan fingerprint density at radius 1 is 1.53 bits per heavy atom. The van der Waals surface area contributed by atoms with Crippen molar-refractivity contribution < 1.29 is 14.1 Å². The van der Waals surface area contributed by atoms with Crippen molar-refractivity contribution in [3.8, 4) is 10.8 Å². The molecule has 0 N–H and O–H groups in total. The molecule has 0 radical (unpaired) electrons. The van der Waals surface area contributed by atoms with Crippen LogP contribution in [-0.2, 0) is 4.74 Å². The normalized spacial score (nSPS) is 10.3. The molecule has 0 fully saturated rings. The van der Waals surface area contributed by atoms with Gasteiger partial charge in [-0.25, -0.2) is 4.79 Å². The van der Waals surface area contributed by atoms with Gasteiger partial charge in [0.1, 0.15) is 4.88 Å². The van der Waals surface area contributed by atoms with Crippen molar-refractivity contribution >= 4 is 17.3 Å². The lowest BCUT2D eigenvalue weighted by Crippen LogP contribution is -1.96. The van der Waals surface area contributed by atoms with Crippen molar-refractivity contribution in [2.24, 2.45) is 0 Å². The fourth-order valence-corrected chi connectivity index (χ4v) is 1.91. The Labute approximate surface area is 89.7 Å². The molecule has 0 aromatic carbocycles. The molecule has 0 bridgehead atoms. The fraction of sp³-hybridized carbons (Fsp3) is 0.222. The van der Waals surface area contributed by atoms with Crippen LogP contribution in [0.15, 0.2) is 16.7 Å². The number of nitrogens with zero attached hydrogens (tertiary/aromatic N) is 2. The highest BCUT2D eigenvalue weighted by atomic mass is 32.1. The van der Waals surface area contributed by atoms with Gasteiger partial charge >= 0.3 is 5.97 Å². The van der Waals surface area contributed by atoms with Crippen LogP contribution in [-0.4, -0.2) is 23.2 Å². The van der Waals surface area contributed by atoms with Crippen LogP contribution >= 0.6 is 11.3 Å². The Hall–Kier alpha value is -1.69. The predicted octanol–water partition coefficient (Wildman–Crippen LogP) is 1.89. The van der Waals surface area contributed by atoms with Gasteiger partial charge in [-0.2, -0.15) is 4.98 Å². The van der Waals surface area contributed by atoms with Crippen LogP contribution < -0.4 is 0 Å². The summed E-state index contributed by atoms with van der Waals surface area (Å²) in [6.07, 6.45) is 0. The number of rotatable bonds is 2. The third kappa shape index (κ3) is 1.89. The van der Waals surface area contributed by atoms with Crippen molar-refractivity contribution in [2.45, 2.75) is 6.92 Å². The van der Waals surface area contributed by atoms with E-state index in [4.69, 9.17) is 4.52 Å². The standard InChI is InChI=1S/C9H8N2O3S/c1-5-10-8(14-11-5)6-3-4-7(15-6)9(12)13-2/h3-4H,1-2H3. The van der Waals surface area contributed by atoms with E-state index in [1.165, 1.54) is 18.4 Å². The third-order valence-electron chi connectivity index (χ3n) is 1.73. The molecule has 0 aliphatic rings. The van der Waals surface area contributed by atoms with Crippen LogP contribution in [0.1, 0.15) is 15.5 Å². The van der Waals surface area contributed by atoms with Gasteiger partial charge in [-0.05, 0) is 19.1 Å². The highest BCUT2D eigenvalue weighted by Gasteiger charge is 2.13. The summed E-state index contributed by atoms with van der Waals surface area (Å²) >= 11 is 1.26. The van der Waals surface area contributed by atoms with Crippen LogP contribution in [0.25, 0.3) is 10.8 Å². The first-order chi connectivity index (χ1) is 7.20. The van der Waals surface area contributed by atoms with E-state index in [1.54, 1.807) is 19.1 Å². The van der Waals surface area contributed by atoms with E-state index in [9.17, 15) is 4.79 Å². The Bertz CT molecular complexity index is 489. The summed E-state index contributed by atoms with van der Waals surface area (Å²) in [7, 11) is 1.35. The second-order valence-electron chi connectivity index (χ2n) is 2.80. The maximum atomic E-state index is 11.2. The van der Waals surface area contributed by atoms with Crippen LogP contribution in [0.4, 0.5) is 0 Å². The second kappa shape index (κ2) is 3.82. The van der Waals surface area contributed by atoms with E-state index in [0.717, 1.165) is 4.88 Å². The number of hydrogen-bond donors (Lipinski definition) is 0. The highest BCUT2D eigenvalue weighted by Crippen LogP contribution is 2.26. The van der Waals surface area contributed by atoms with Crippen molar-refractivity contribution in [3.05, 3.63) is 22.8 Å². The maximum absolute atomic E-state index is 11.2. The summed E-state index contributed by atoms with van der Waals surface area (Å²) < 4.78 is 9.57. The van der Waals surface area contributed by atoms with Gasteiger partial charge < -0.3 is 9.26 Å². The predicted molar refractivity (Wildman–Crippen MR) is 53.7 cm³/mol. The zero-order chi connectivity index (χ0) is 10.8. The SMILES string of the molecule is COC(=O)c1ccc(-c2nc(C)no2)s1. The van der Waals surface area contributed by atoms with Gasteiger partial charge in [-0.15, -0.1) is 11.3 Å². The Kier molecular flexibility index (Phi) is 2.51. The number of carbonyl (C=O) groups is 1. The van der Waals surface area contributed by atoms with E-state index in [1.807, 2.05) is 0 Å². The van der Waals surface area contributed by atoms with Gasteiger partial charge in [0, 0.05) is 0 Å². The number of carbonyl (C=O) groups excluding carboxylic acids is 1. The first-order valence-electron chi connectivity index (χ1n) is 4.19. The van der Waals surface area contributed by atoms with Crippen molar-refractivity contribution in [2.75, 3.05) is 7.11 Å². The zero-order valence-electron chi connectivity index (χ0n) is 8.18. The van der Waals surface area contributed by atoms with E-state index < -0.39 is 0 Å². The van der Waals surface area contributed by atoms with Crippen molar-refractivity contribution in [3.63, 3.8) is 0 Å². The molecule has 2 aromatic rings. The molecule has 2 rings (SSSR count). The van der Waals surface area contributed by atoms with E-state index >= 15 is 0 Å². The number of aromatic nitrogens is 2. The molecule has 0 aliphatic carbocycles. The molecule has 15 heavy (non-hydrogen) atoms. The summed E-state index contributed by atoms with van der Waals surface area (Å²) in [5, 5.41) is 3.67. The zero-order valence-corrected chi connectivity index (χ0v) is 9.00. The minimum absolute atomic E-state index is 0.359. The summed E-state index contributed by atoms with van der Waals surface area (Å²) in [6, 6.07) is 3.43. The lowest BCUT2D eigenvalue weighted by Gasteiger charge is -1.91. The highest BCUT2D eigenvalue weighted by molar-refractivity contribution is 7.17. The molecule has 0 saturated heterocycles. The number of ether oxygens (including phenoxy) is 1. The average molecular weight is 224 g/mol. The largest absolute Gasteiger partial charge is 0.465 e. The van der Waals surface area contributed by atoms with Gasteiger partial charge in [-0.1, -0.05) is 5.16 Å². The van der Waals surface area contributed by atoms with Gasteiger partial charge in [0.15, 0.2) is 5.82 Å². The second-order valence-corrected chi connectivity index (χ2v) is 3.89. The number of aryl methyl sites for hydroxylation is 1. The molecule has 2 aromatic heterocycles. The van der Waals surface area contributed by atoms with Crippen LogP contribution in [0.3, 0.4) is 0 Å². The molecule has 2 heterocycles. The number of esters is 1. The summed E-state index contributed by atoms with van der Waals surface area (Å²) in [5.74, 6) is 0.633. The van der Waals surface area contributed by atoms with Crippen LogP contribution in [0.5, 0.6) is 0 Å². The molecule has 0 atom stereocenters. The lowest BCUT2D eigenvalue weighted by molar-refractivity contribution is 0.0606. The van der Waals surface area contributed by atoms with Crippen molar-refractivity contribution in [1.82, 2.24) is 10.1 Å². The summed E-state index contributed by atoms with van der Waals surface area (Å²) in [6.45, 7) is 1.74. The lowest BCUT2D eigenvalue weighted by atomic mass is 10.4. The quantitative estimate of drug-likeness (QED) is 0.729. The molecule has 0 saturated carbocycles. The Morgan fingerprint density at radius 3 is 2.93 bits per heavy atom. The van der Waals surface area contributed by atoms with E-state index in [0.29, 0.717) is 16.6 Å². The molecule has 0 spiro atoms. The molecule has 5 nitrogen and oxygen atoms in total. The molecular formula is C9H8N2O3S. The van der Waals surface area contributed by atoms with Gasteiger partial charge in [0.05, 0.1) is 12.0 Å². The maximum Gasteiger partial charge on any atom is 0.348 e. The monoisotopic (exact) mass is 224 g/mol. The Balaban J connectivity index is 2.31. The van der Waals surface area contributed by atoms with Gasteiger partial charge in [0.25, 0.3) is 5.89 Å². The van der Waals surface area contributed by atoms with Crippen LogP contribution in [0.2, 0.25) is 0 Å². The first kappa shape index (κ1) is 9.85. The number of thiophene rings is 1.